The summed E-state index contributed by atoms with van der Waals surface area (Å²) in [6.07, 6.45) is 2.34. The Labute approximate surface area is 238 Å². The van der Waals surface area contributed by atoms with Crippen LogP contribution in [-0.4, -0.2) is 48.4 Å². The summed E-state index contributed by atoms with van der Waals surface area (Å²) in [5, 5.41) is 2.07. The average molecular weight is 559 g/mol. The molecule has 0 aliphatic carbocycles. The number of carbonyl (C=O) groups excluding carboxylic acids is 2. The molecule has 0 spiro atoms. The number of furan rings is 1. The molecule has 0 radical (unpaired) electrons. The van der Waals surface area contributed by atoms with Gasteiger partial charge in [0.25, 0.3) is 5.91 Å². The number of carbonyl (C=O) groups is 2. The summed E-state index contributed by atoms with van der Waals surface area (Å²) < 4.78 is 17.2. The summed E-state index contributed by atoms with van der Waals surface area (Å²) in [4.78, 5) is 32.3. The molecule has 2 aromatic carbocycles. The van der Waals surface area contributed by atoms with Gasteiger partial charge in [-0.2, -0.15) is 0 Å². The first-order valence-electron chi connectivity index (χ1n) is 13.5. The summed E-state index contributed by atoms with van der Waals surface area (Å²) >= 11 is 1.71. The van der Waals surface area contributed by atoms with E-state index in [4.69, 9.17) is 13.9 Å². The highest BCUT2D eigenvalue weighted by Gasteiger charge is 2.34. The SMILES string of the molecule is COc1ccccc1C(=O)N(CC(=O)N1CCc2sccc2C1COc1ccc(C(C)C)cc1)Cc1ccco1. The maximum absolute atomic E-state index is 13.9. The molecule has 208 valence electrons. The van der Waals surface area contributed by atoms with Gasteiger partial charge in [0.2, 0.25) is 5.91 Å². The molecule has 1 unspecified atom stereocenters. The molecular formula is C32H34N2O5S. The van der Waals surface area contributed by atoms with Gasteiger partial charge in [0.05, 0.1) is 31.5 Å². The van der Waals surface area contributed by atoms with Crippen molar-refractivity contribution in [3.05, 3.63) is 106 Å². The highest BCUT2D eigenvalue weighted by molar-refractivity contribution is 7.10. The Morgan fingerprint density at radius 3 is 2.60 bits per heavy atom. The quantitative estimate of drug-likeness (QED) is 0.228. The van der Waals surface area contributed by atoms with Crippen LogP contribution in [-0.2, 0) is 17.8 Å². The molecule has 1 aliphatic heterocycles. The Hall–Kier alpha value is -4.04. The number of hydrogen-bond donors (Lipinski definition) is 0. The number of fused-ring (bicyclic) bond motifs is 1. The molecule has 2 amide bonds. The first kappa shape index (κ1) is 27.5. The van der Waals surface area contributed by atoms with Gasteiger partial charge in [-0.15, -0.1) is 11.3 Å². The molecule has 7 nitrogen and oxygen atoms in total. The first-order valence-corrected chi connectivity index (χ1v) is 14.4. The summed E-state index contributed by atoms with van der Waals surface area (Å²) in [6, 6.07) is 20.6. The number of para-hydroxylation sites is 1. The number of benzene rings is 2. The number of nitrogens with zero attached hydrogens (tertiary/aromatic N) is 2. The predicted octanol–water partition coefficient (Wildman–Crippen LogP) is 6.32. The van der Waals surface area contributed by atoms with Crippen molar-refractivity contribution in [2.24, 2.45) is 0 Å². The van der Waals surface area contributed by atoms with Crippen LogP contribution in [0.5, 0.6) is 11.5 Å². The molecule has 1 atom stereocenters. The Bertz CT molecular complexity index is 1430. The van der Waals surface area contributed by atoms with Crippen LogP contribution in [0.3, 0.4) is 0 Å². The van der Waals surface area contributed by atoms with Gasteiger partial charge in [-0.3, -0.25) is 9.59 Å². The molecule has 0 fully saturated rings. The lowest BCUT2D eigenvalue weighted by Crippen LogP contribution is -2.47. The Balaban J connectivity index is 1.37. The van der Waals surface area contributed by atoms with Crippen LogP contribution in [0.15, 0.2) is 82.8 Å². The number of hydrogen-bond acceptors (Lipinski definition) is 6. The van der Waals surface area contributed by atoms with E-state index in [1.54, 1.807) is 47.9 Å². The van der Waals surface area contributed by atoms with Gasteiger partial charge in [-0.25, -0.2) is 0 Å². The maximum Gasteiger partial charge on any atom is 0.258 e. The molecule has 0 N–H and O–H groups in total. The van der Waals surface area contributed by atoms with Crippen LogP contribution in [0, 0.1) is 0 Å². The van der Waals surface area contributed by atoms with Crippen molar-refractivity contribution in [2.75, 3.05) is 26.8 Å². The van der Waals surface area contributed by atoms with Gasteiger partial charge in [-0.1, -0.05) is 38.1 Å². The van der Waals surface area contributed by atoms with Crippen molar-refractivity contribution >= 4 is 23.2 Å². The van der Waals surface area contributed by atoms with E-state index in [1.165, 1.54) is 22.5 Å². The van der Waals surface area contributed by atoms with Crippen molar-refractivity contribution in [1.82, 2.24) is 9.80 Å². The Morgan fingerprint density at radius 2 is 1.88 bits per heavy atom. The van der Waals surface area contributed by atoms with Gasteiger partial charge >= 0.3 is 0 Å². The Morgan fingerprint density at radius 1 is 1.07 bits per heavy atom. The van der Waals surface area contributed by atoms with Crippen LogP contribution >= 0.6 is 11.3 Å². The number of amides is 2. The second-order valence-corrected chi connectivity index (χ2v) is 11.1. The van der Waals surface area contributed by atoms with Gasteiger partial charge in [0, 0.05) is 11.4 Å². The molecule has 40 heavy (non-hydrogen) atoms. The fraction of sp³-hybridized carbons (Fsp3) is 0.312. The maximum atomic E-state index is 13.9. The summed E-state index contributed by atoms with van der Waals surface area (Å²) in [5.74, 6) is 1.82. The molecule has 4 aromatic rings. The van der Waals surface area contributed by atoms with E-state index >= 15 is 0 Å². The van der Waals surface area contributed by atoms with Gasteiger partial charge in [0.1, 0.15) is 30.4 Å². The largest absolute Gasteiger partial charge is 0.496 e. The minimum Gasteiger partial charge on any atom is -0.496 e. The van der Waals surface area contributed by atoms with E-state index in [-0.39, 0.29) is 30.9 Å². The standard InChI is InChI=1S/C32H34N2O5S/c1-22(2)23-10-12-24(13-11-23)39-21-28-26-15-18-40-30(26)14-16-34(28)31(35)20-33(19-25-7-6-17-38-25)32(36)27-8-4-5-9-29(27)37-3/h4-13,15,17-18,22,28H,14,16,19-21H2,1-3H3. The predicted molar refractivity (Wildman–Crippen MR) is 155 cm³/mol. The van der Waals surface area contributed by atoms with E-state index in [2.05, 4.69) is 37.4 Å². The van der Waals surface area contributed by atoms with Crippen molar-refractivity contribution in [2.45, 2.75) is 38.8 Å². The number of rotatable bonds is 10. The van der Waals surface area contributed by atoms with Crippen molar-refractivity contribution in [3.63, 3.8) is 0 Å². The lowest BCUT2D eigenvalue weighted by atomic mass is 10.00. The third kappa shape index (κ3) is 6.07. The third-order valence-electron chi connectivity index (χ3n) is 7.25. The summed E-state index contributed by atoms with van der Waals surface area (Å²) in [7, 11) is 1.53. The monoisotopic (exact) mass is 558 g/mol. The van der Waals surface area contributed by atoms with Crippen molar-refractivity contribution in [1.29, 1.82) is 0 Å². The van der Waals surface area contributed by atoms with E-state index in [9.17, 15) is 9.59 Å². The lowest BCUT2D eigenvalue weighted by molar-refractivity contribution is -0.135. The third-order valence-corrected chi connectivity index (χ3v) is 8.24. The van der Waals surface area contributed by atoms with Crippen LogP contribution in [0.2, 0.25) is 0 Å². The molecule has 2 aromatic heterocycles. The molecule has 1 aliphatic rings. The highest BCUT2D eigenvalue weighted by atomic mass is 32.1. The fourth-order valence-electron chi connectivity index (χ4n) is 5.03. The number of ether oxygens (including phenoxy) is 2. The van der Waals surface area contributed by atoms with Crippen LogP contribution in [0.4, 0.5) is 0 Å². The number of thiophene rings is 1. The van der Waals surface area contributed by atoms with Gasteiger partial charge in [-0.05, 0) is 71.3 Å². The zero-order valence-corrected chi connectivity index (χ0v) is 23.9. The molecule has 5 rings (SSSR count). The number of methoxy groups -OCH3 is 1. The zero-order chi connectivity index (χ0) is 28.1. The van der Waals surface area contributed by atoms with Gasteiger partial charge < -0.3 is 23.7 Å². The minimum atomic E-state index is -0.298. The average Bonchev–Trinajstić information content (AvgIpc) is 3.67. The van der Waals surface area contributed by atoms with E-state index < -0.39 is 0 Å². The zero-order valence-electron chi connectivity index (χ0n) is 23.0. The lowest BCUT2D eigenvalue weighted by Gasteiger charge is -2.37. The minimum absolute atomic E-state index is 0.101. The molecular weight excluding hydrogens is 524 g/mol. The summed E-state index contributed by atoms with van der Waals surface area (Å²) in [6.45, 7) is 5.27. The fourth-order valence-corrected chi connectivity index (χ4v) is 5.96. The molecule has 0 bridgehead atoms. The Kier molecular flexibility index (Phi) is 8.55. The van der Waals surface area contributed by atoms with E-state index in [0.29, 0.717) is 36.1 Å². The van der Waals surface area contributed by atoms with Crippen LogP contribution in [0.1, 0.15) is 57.9 Å². The first-order chi connectivity index (χ1) is 19.4. The van der Waals surface area contributed by atoms with Crippen LogP contribution < -0.4 is 9.47 Å². The second kappa shape index (κ2) is 12.4. The molecule has 0 saturated carbocycles. The van der Waals surface area contributed by atoms with E-state index in [1.807, 2.05) is 23.1 Å². The normalized spacial score (nSPS) is 14.6. The van der Waals surface area contributed by atoms with Crippen LogP contribution in [0.25, 0.3) is 0 Å². The molecule has 3 heterocycles. The smallest absolute Gasteiger partial charge is 0.258 e. The van der Waals surface area contributed by atoms with Crippen molar-refractivity contribution in [3.8, 4) is 11.5 Å². The van der Waals surface area contributed by atoms with E-state index in [0.717, 1.165) is 17.7 Å². The molecule has 8 heteroatoms. The van der Waals surface area contributed by atoms with Crippen molar-refractivity contribution < 1.29 is 23.5 Å². The highest BCUT2D eigenvalue weighted by Crippen LogP contribution is 2.34. The molecule has 0 saturated heterocycles. The van der Waals surface area contributed by atoms with Gasteiger partial charge in [0.15, 0.2) is 0 Å². The second-order valence-electron chi connectivity index (χ2n) is 10.1. The summed E-state index contributed by atoms with van der Waals surface area (Å²) in [5.41, 5.74) is 2.75. The topological polar surface area (TPSA) is 72.2 Å².